The molecular formula is C19H21NO3. The maximum Gasteiger partial charge on any atom is 0.287 e. The molecule has 23 heavy (non-hydrogen) atoms. The molecule has 2 N–H and O–H groups in total. The third-order valence-electron chi connectivity index (χ3n) is 4.21. The minimum absolute atomic E-state index is 0.000920. The zero-order chi connectivity index (χ0) is 16.4. The molecular weight excluding hydrogens is 290 g/mol. The lowest BCUT2D eigenvalue weighted by Crippen LogP contribution is -2.32. The number of fused-ring (bicyclic) bond motifs is 3. The molecule has 1 heterocycles. The molecule has 1 aromatic heterocycles. The molecule has 4 nitrogen and oxygen atoms in total. The molecule has 0 saturated heterocycles. The van der Waals surface area contributed by atoms with Crippen LogP contribution < -0.4 is 5.32 Å². The molecule has 0 fully saturated rings. The van der Waals surface area contributed by atoms with Gasteiger partial charge in [0.2, 0.25) is 0 Å². The summed E-state index contributed by atoms with van der Waals surface area (Å²) in [6.07, 6.45) is 1.41. The van der Waals surface area contributed by atoms with E-state index in [1.165, 1.54) is 0 Å². The van der Waals surface area contributed by atoms with Gasteiger partial charge >= 0.3 is 0 Å². The number of hydrogen-bond donors (Lipinski definition) is 2. The molecule has 0 radical (unpaired) electrons. The molecule has 3 rings (SSSR count). The van der Waals surface area contributed by atoms with E-state index in [4.69, 9.17) is 9.52 Å². The van der Waals surface area contributed by atoms with E-state index in [9.17, 15) is 4.79 Å². The second-order valence-electron chi connectivity index (χ2n) is 5.96. The zero-order valence-electron chi connectivity index (χ0n) is 13.4. The Kier molecular flexibility index (Phi) is 4.35. The normalized spacial score (nSPS) is 12.7. The van der Waals surface area contributed by atoms with Gasteiger partial charge in [-0.05, 0) is 32.1 Å². The zero-order valence-corrected chi connectivity index (χ0v) is 13.4. The maximum atomic E-state index is 12.5. The molecule has 0 aliphatic heterocycles. The summed E-state index contributed by atoms with van der Waals surface area (Å²) in [6.45, 7) is 3.98. The fourth-order valence-corrected chi connectivity index (χ4v) is 2.92. The van der Waals surface area contributed by atoms with Crippen LogP contribution >= 0.6 is 0 Å². The van der Waals surface area contributed by atoms with E-state index >= 15 is 0 Å². The third-order valence-corrected chi connectivity index (χ3v) is 4.21. The quantitative estimate of drug-likeness (QED) is 0.753. The minimum atomic E-state index is -0.201. The number of carbonyl (C=O) groups is 1. The summed E-state index contributed by atoms with van der Waals surface area (Å²) < 4.78 is 5.92. The van der Waals surface area contributed by atoms with Gasteiger partial charge in [-0.15, -0.1) is 0 Å². The average Bonchev–Trinajstić information content (AvgIpc) is 2.90. The lowest BCUT2D eigenvalue weighted by molar-refractivity contribution is 0.0910. The topological polar surface area (TPSA) is 62.5 Å². The van der Waals surface area contributed by atoms with Crippen molar-refractivity contribution in [3.05, 3.63) is 47.7 Å². The highest BCUT2D eigenvalue weighted by atomic mass is 16.3. The maximum absolute atomic E-state index is 12.5. The van der Waals surface area contributed by atoms with E-state index in [1.54, 1.807) is 0 Å². The van der Waals surface area contributed by atoms with E-state index in [-0.39, 0.29) is 18.6 Å². The molecule has 0 saturated carbocycles. The molecule has 120 valence electrons. The summed E-state index contributed by atoms with van der Waals surface area (Å²) in [5.41, 5.74) is 1.62. The molecule has 0 spiro atoms. The first-order chi connectivity index (χ1) is 11.1. The van der Waals surface area contributed by atoms with Crippen molar-refractivity contribution in [3.63, 3.8) is 0 Å². The van der Waals surface area contributed by atoms with Crippen LogP contribution in [0, 0.1) is 6.92 Å². The van der Waals surface area contributed by atoms with E-state index in [0.717, 1.165) is 33.7 Å². The van der Waals surface area contributed by atoms with Crippen molar-refractivity contribution in [1.29, 1.82) is 0 Å². The van der Waals surface area contributed by atoms with Crippen LogP contribution in [0.25, 0.3) is 21.7 Å². The van der Waals surface area contributed by atoms with Crippen molar-refractivity contribution in [2.45, 2.75) is 32.7 Å². The van der Waals surface area contributed by atoms with Gasteiger partial charge < -0.3 is 14.8 Å². The van der Waals surface area contributed by atoms with Crippen LogP contribution in [0.5, 0.6) is 0 Å². The number of furan rings is 1. The van der Waals surface area contributed by atoms with Gasteiger partial charge in [0.1, 0.15) is 5.58 Å². The van der Waals surface area contributed by atoms with E-state index in [2.05, 4.69) is 5.32 Å². The third kappa shape index (κ3) is 2.94. The van der Waals surface area contributed by atoms with Crippen molar-refractivity contribution < 1.29 is 14.3 Å². The first kappa shape index (κ1) is 15.6. The van der Waals surface area contributed by atoms with Crippen molar-refractivity contribution in [3.8, 4) is 0 Å². The Hall–Kier alpha value is -2.33. The monoisotopic (exact) mass is 311 g/mol. The summed E-state index contributed by atoms with van der Waals surface area (Å²) in [6, 6.07) is 12.0. The molecule has 1 amide bonds. The number of aliphatic hydroxyl groups is 1. The van der Waals surface area contributed by atoms with E-state index in [0.29, 0.717) is 12.2 Å². The summed E-state index contributed by atoms with van der Waals surface area (Å²) >= 11 is 0. The van der Waals surface area contributed by atoms with Crippen LogP contribution in [0.3, 0.4) is 0 Å². The van der Waals surface area contributed by atoms with Gasteiger partial charge in [0.25, 0.3) is 5.91 Å². The number of aliphatic hydroxyl groups excluding tert-OH is 1. The smallest absolute Gasteiger partial charge is 0.287 e. The van der Waals surface area contributed by atoms with Gasteiger partial charge in [-0.2, -0.15) is 0 Å². The molecule has 0 aliphatic carbocycles. The largest absolute Gasteiger partial charge is 0.450 e. The van der Waals surface area contributed by atoms with Gasteiger partial charge in [-0.3, -0.25) is 4.79 Å². The van der Waals surface area contributed by atoms with Gasteiger partial charge in [0, 0.05) is 29.0 Å². The fraction of sp³-hybridized carbons (Fsp3) is 0.316. The summed E-state index contributed by atoms with van der Waals surface area (Å²) in [5, 5.41) is 14.9. The highest BCUT2D eigenvalue weighted by Gasteiger charge is 2.20. The van der Waals surface area contributed by atoms with Gasteiger partial charge in [-0.1, -0.05) is 36.4 Å². The number of hydrogen-bond acceptors (Lipinski definition) is 3. The second kappa shape index (κ2) is 6.42. The number of amides is 1. The highest BCUT2D eigenvalue weighted by Crippen LogP contribution is 2.31. The summed E-state index contributed by atoms with van der Waals surface area (Å²) in [5.74, 6) is 0.167. The molecule has 0 aliphatic rings. The predicted molar refractivity (Wildman–Crippen MR) is 91.7 cm³/mol. The Balaban J connectivity index is 1.97. The van der Waals surface area contributed by atoms with E-state index in [1.807, 2.05) is 50.2 Å². The number of rotatable bonds is 5. The summed E-state index contributed by atoms with van der Waals surface area (Å²) in [7, 11) is 0. The van der Waals surface area contributed by atoms with Crippen LogP contribution in [0.2, 0.25) is 0 Å². The van der Waals surface area contributed by atoms with Crippen LogP contribution in [0.1, 0.15) is 35.9 Å². The fourth-order valence-electron chi connectivity index (χ4n) is 2.92. The Labute approximate surface area is 135 Å². The number of carbonyl (C=O) groups excluding carboxylic acids is 1. The first-order valence-corrected chi connectivity index (χ1v) is 7.94. The molecule has 1 atom stereocenters. The number of aryl methyl sites for hydroxylation is 1. The summed E-state index contributed by atoms with van der Waals surface area (Å²) in [4.78, 5) is 12.5. The van der Waals surface area contributed by atoms with Crippen molar-refractivity contribution >= 4 is 27.6 Å². The highest BCUT2D eigenvalue weighted by molar-refractivity contribution is 6.08. The minimum Gasteiger partial charge on any atom is -0.450 e. The lowest BCUT2D eigenvalue weighted by atomic mass is 10.1. The van der Waals surface area contributed by atoms with Crippen LogP contribution in [-0.4, -0.2) is 23.7 Å². The van der Waals surface area contributed by atoms with Crippen molar-refractivity contribution in [2.24, 2.45) is 0 Å². The van der Waals surface area contributed by atoms with Crippen LogP contribution in [-0.2, 0) is 0 Å². The molecule has 0 bridgehead atoms. The average molecular weight is 311 g/mol. The lowest BCUT2D eigenvalue weighted by Gasteiger charge is -2.12. The number of benzene rings is 2. The van der Waals surface area contributed by atoms with Gasteiger partial charge in [-0.25, -0.2) is 0 Å². The molecule has 3 aromatic rings. The standard InChI is InChI=1S/C19H21NO3/c1-12(6-5-11-21)20-19(22)17-13(2)15-10-9-14-7-3-4-8-16(14)18(15)23-17/h3-4,7-10,12,21H,5-6,11H2,1-2H3,(H,20,22). The van der Waals surface area contributed by atoms with Crippen molar-refractivity contribution in [1.82, 2.24) is 5.32 Å². The second-order valence-corrected chi connectivity index (χ2v) is 5.96. The predicted octanol–water partition coefficient (Wildman–Crippen LogP) is 3.79. The Morgan fingerprint density at radius 1 is 1.22 bits per heavy atom. The van der Waals surface area contributed by atoms with Gasteiger partial charge in [0.05, 0.1) is 0 Å². The van der Waals surface area contributed by atoms with Crippen molar-refractivity contribution in [2.75, 3.05) is 6.61 Å². The Morgan fingerprint density at radius 3 is 2.78 bits per heavy atom. The molecule has 4 heteroatoms. The Morgan fingerprint density at radius 2 is 2.00 bits per heavy atom. The first-order valence-electron chi connectivity index (χ1n) is 7.94. The van der Waals surface area contributed by atoms with E-state index < -0.39 is 0 Å². The SMILES string of the molecule is Cc1c(C(=O)NC(C)CCCO)oc2c1ccc1ccccc12. The van der Waals surface area contributed by atoms with Crippen LogP contribution in [0.4, 0.5) is 0 Å². The van der Waals surface area contributed by atoms with Gasteiger partial charge in [0.15, 0.2) is 5.76 Å². The molecule has 1 unspecified atom stereocenters. The Bertz CT molecular complexity index is 850. The number of nitrogens with one attached hydrogen (secondary N) is 1. The molecule has 2 aromatic carbocycles. The van der Waals surface area contributed by atoms with Crippen LogP contribution in [0.15, 0.2) is 40.8 Å².